The first kappa shape index (κ1) is 15.2. The molecule has 4 nitrogen and oxygen atoms in total. The number of benzene rings is 1. The number of ketones is 1. The van der Waals surface area contributed by atoms with Crippen LogP contribution in [0.3, 0.4) is 0 Å². The molecular formula is C13H9F3N2O2S. The Morgan fingerprint density at radius 1 is 1.19 bits per heavy atom. The Hall–Kier alpha value is -2.22. The van der Waals surface area contributed by atoms with E-state index in [1.807, 2.05) is 0 Å². The van der Waals surface area contributed by atoms with Gasteiger partial charge in [0.05, 0.1) is 5.56 Å². The van der Waals surface area contributed by atoms with Gasteiger partial charge in [-0.05, 0) is 24.3 Å². The van der Waals surface area contributed by atoms with Crippen LogP contribution in [0.5, 0.6) is 0 Å². The van der Waals surface area contributed by atoms with Gasteiger partial charge < -0.3 is 0 Å². The number of alkyl halides is 3. The molecule has 0 aliphatic rings. The monoisotopic (exact) mass is 314 g/mol. The molecule has 21 heavy (non-hydrogen) atoms. The summed E-state index contributed by atoms with van der Waals surface area (Å²) in [6, 6.07) is 3.82. The summed E-state index contributed by atoms with van der Waals surface area (Å²) in [7, 11) is 0. The van der Waals surface area contributed by atoms with Gasteiger partial charge in [0.25, 0.3) is 5.91 Å². The van der Waals surface area contributed by atoms with Crippen LogP contribution in [0.4, 0.5) is 18.3 Å². The van der Waals surface area contributed by atoms with Crippen molar-refractivity contribution in [1.82, 2.24) is 4.98 Å². The second kappa shape index (κ2) is 5.65. The normalized spacial score (nSPS) is 11.2. The molecule has 0 spiro atoms. The maximum atomic E-state index is 12.4. The van der Waals surface area contributed by atoms with Gasteiger partial charge in [-0.3, -0.25) is 14.9 Å². The molecule has 0 aliphatic carbocycles. The van der Waals surface area contributed by atoms with Gasteiger partial charge in [0, 0.05) is 17.9 Å². The van der Waals surface area contributed by atoms with Gasteiger partial charge in [-0.25, -0.2) is 4.98 Å². The number of thiazole rings is 1. The summed E-state index contributed by atoms with van der Waals surface area (Å²) in [4.78, 5) is 26.8. The first-order chi connectivity index (χ1) is 9.77. The van der Waals surface area contributed by atoms with E-state index in [0.717, 1.165) is 35.6 Å². The highest BCUT2D eigenvalue weighted by atomic mass is 32.1. The van der Waals surface area contributed by atoms with Crippen LogP contribution in [-0.2, 0) is 6.18 Å². The molecule has 0 radical (unpaired) electrons. The average Bonchev–Trinajstić information content (AvgIpc) is 2.86. The summed E-state index contributed by atoms with van der Waals surface area (Å²) in [6.45, 7) is 1.34. The summed E-state index contributed by atoms with van der Waals surface area (Å²) in [5.41, 5.74) is -0.530. The number of carbonyl (C=O) groups excluding carboxylic acids is 2. The first-order valence-corrected chi connectivity index (χ1v) is 6.60. The Balaban J connectivity index is 2.11. The van der Waals surface area contributed by atoms with Gasteiger partial charge in [0.1, 0.15) is 5.69 Å². The van der Waals surface area contributed by atoms with E-state index in [-0.39, 0.29) is 22.2 Å². The van der Waals surface area contributed by atoms with E-state index in [9.17, 15) is 22.8 Å². The van der Waals surface area contributed by atoms with Crippen molar-refractivity contribution in [2.75, 3.05) is 5.32 Å². The molecule has 0 fully saturated rings. The molecule has 1 heterocycles. The van der Waals surface area contributed by atoms with Crippen LogP contribution < -0.4 is 5.32 Å². The van der Waals surface area contributed by atoms with Gasteiger partial charge in [0.2, 0.25) is 0 Å². The molecule has 0 saturated heterocycles. The number of hydrogen-bond acceptors (Lipinski definition) is 4. The van der Waals surface area contributed by atoms with Crippen LogP contribution in [0.1, 0.15) is 33.3 Å². The zero-order chi connectivity index (χ0) is 15.6. The largest absolute Gasteiger partial charge is 0.416 e. The lowest BCUT2D eigenvalue weighted by Crippen LogP contribution is -2.13. The summed E-state index contributed by atoms with van der Waals surface area (Å²) < 4.78 is 37.2. The van der Waals surface area contributed by atoms with Crippen molar-refractivity contribution in [3.05, 3.63) is 46.5 Å². The molecule has 8 heteroatoms. The quantitative estimate of drug-likeness (QED) is 0.880. The fourth-order valence-corrected chi connectivity index (χ4v) is 2.22. The molecule has 110 valence electrons. The number of hydrogen-bond donors (Lipinski definition) is 1. The molecular weight excluding hydrogens is 305 g/mol. The smallest absolute Gasteiger partial charge is 0.298 e. The summed E-state index contributed by atoms with van der Waals surface area (Å²) >= 11 is 1.06. The molecule has 2 aromatic rings. The fraction of sp³-hybridized carbons (Fsp3) is 0.154. The van der Waals surface area contributed by atoms with Crippen LogP contribution >= 0.6 is 11.3 Å². The number of rotatable bonds is 3. The zero-order valence-corrected chi connectivity index (χ0v) is 11.5. The minimum atomic E-state index is -4.44. The predicted molar refractivity (Wildman–Crippen MR) is 71.5 cm³/mol. The van der Waals surface area contributed by atoms with Crippen LogP contribution in [-0.4, -0.2) is 16.7 Å². The van der Waals surface area contributed by atoms with E-state index in [4.69, 9.17) is 0 Å². The van der Waals surface area contributed by atoms with Crippen molar-refractivity contribution in [2.24, 2.45) is 0 Å². The lowest BCUT2D eigenvalue weighted by molar-refractivity contribution is -0.137. The van der Waals surface area contributed by atoms with Crippen LogP contribution in [0.25, 0.3) is 0 Å². The number of nitrogens with zero attached hydrogens (tertiary/aromatic N) is 1. The number of Topliss-reactive ketones (excluding diaryl/α,β-unsaturated/α-hetero) is 1. The predicted octanol–water partition coefficient (Wildman–Crippen LogP) is 3.62. The van der Waals surface area contributed by atoms with E-state index in [0.29, 0.717) is 0 Å². The molecule has 1 aromatic heterocycles. The maximum Gasteiger partial charge on any atom is 0.416 e. The van der Waals surface area contributed by atoms with Crippen molar-refractivity contribution >= 4 is 28.2 Å². The maximum absolute atomic E-state index is 12.4. The third-order valence-electron chi connectivity index (χ3n) is 2.56. The second-order valence-electron chi connectivity index (χ2n) is 4.12. The number of nitrogens with one attached hydrogen (secondary N) is 1. The fourth-order valence-electron chi connectivity index (χ4n) is 1.47. The second-order valence-corrected chi connectivity index (χ2v) is 4.98. The SMILES string of the molecule is CC(=O)c1csc(NC(=O)c2ccc(C(F)(F)F)cc2)n1. The average molecular weight is 314 g/mol. The highest BCUT2D eigenvalue weighted by molar-refractivity contribution is 7.14. The Morgan fingerprint density at radius 2 is 1.81 bits per heavy atom. The molecule has 0 atom stereocenters. The van der Waals surface area contributed by atoms with E-state index in [1.54, 1.807) is 0 Å². The standard InChI is InChI=1S/C13H9F3N2O2S/c1-7(19)10-6-21-12(17-10)18-11(20)8-2-4-9(5-3-8)13(14,15)16/h2-6H,1H3,(H,17,18,20). The van der Waals surface area contributed by atoms with Gasteiger partial charge in [-0.2, -0.15) is 13.2 Å². The van der Waals surface area contributed by atoms with Crippen molar-refractivity contribution in [1.29, 1.82) is 0 Å². The van der Waals surface area contributed by atoms with E-state index < -0.39 is 17.6 Å². The Bertz CT molecular complexity index is 677. The number of halogens is 3. The third kappa shape index (κ3) is 3.66. The van der Waals surface area contributed by atoms with Gasteiger partial charge in [-0.1, -0.05) is 0 Å². The highest BCUT2D eigenvalue weighted by Gasteiger charge is 2.30. The first-order valence-electron chi connectivity index (χ1n) is 5.72. The topological polar surface area (TPSA) is 59.1 Å². The summed E-state index contributed by atoms with van der Waals surface area (Å²) in [6.07, 6.45) is -4.44. The zero-order valence-electron chi connectivity index (χ0n) is 10.7. The number of anilines is 1. The lowest BCUT2D eigenvalue weighted by atomic mass is 10.1. The summed E-state index contributed by atoms with van der Waals surface area (Å²) in [5.74, 6) is -0.825. The molecule has 0 unspecified atom stereocenters. The van der Waals surface area contributed by atoms with Gasteiger partial charge in [-0.15, -0.1) is 11.3 Å². The summed E-state index contributed by atoms with van der Waals surface area (Å²) in [5, 5.41) is 4.13. The minimum Gasteiger partial charge on any atom is -0.298 e. The third-order valence-corrected chi connectivity index (χ3v) is 3.32. The van der Waals surface area contributed by atoms with E-state index in [2.05, 4.69) is 10.3 Å². The molecule has 1 amide bonds. The molecule has 0 bridgehead atoms. The minimum absolute atomic E-state index is 0.0718. The number of aromatic nitrogens is 1. The van der Waals surface area contributed by atoms with E-state index >= 15 is 0 Å². The van der Waals surface area contributed by atoms with Crippen LogP contribution in [0.15, 0.2) is 29.6 Å². The Kier molecular flexibility index (Phi) is 4.08. The Labute approximate surface area is 121 Å². The number of amides is 1. The molecule has 1 aromatic carbocycles. The molecule has 1 N–H and O–H groups in total. The lowest BCUT2D eigenvalue weighted by Gasteiger charge is -2.07. The van der Waals surface area contributed by atoms with Crippen molar-refractivity contribution in [3.8, 4) is 0 Å². The molecule has 2 rings (SSSR count). The van der Waals surface area contributed by atoms with Crippen molar-refractivity contribution in [3.63, 3.8) is 0 Å². The van der Waals surface area contributed by atoms with Crippen LogP contribution in [0, 0.1) is 0 Å². The van der Waals surface area contributed by atoms with E-state index in [1.165, 1.54) is 12.3 Å². The van der Waals surface area contributed by atoms with Gasteiger partial charge in [0.15, 0.2) is 10.9 Å². The van der Waals surface area contributed by atoms with Crippen LogP contribution in [0.2, 0.25) is 0 Å². The molecule has 0 saturated carbocycles. The van der Waals surface area contributed by atoms with Crippen molar-refractivity contribution < 1.29 is 22.8 Å². The number of carbonyl (C=O) groups is 2. The Morgan fingerprint density at radius 3 is 2.29 bits per heavy atom. The molecule has 0 aliphatic heterocycles. The highest BCUT2D eigenvalue weighted by Crippen LogP contribution is 2.29. The van der Waals surface area contributed by atoms with Gasteiger partial charge >= 0.3 is 6.18 Å². The van der Waals surface area contributed by atoms with Crippen molar-refractivity contribution in [2.45, 2.75) is 13.1 Å².